The molecule has 4 rings (SSSR count). The number of Topliss-reactive ketones (excluding diaryl/α,β-unsaturated/α-hetero) is 1. The van der Waals surface area contributed by atoms with Crippen molar-refractivity contribution in [3.05, 3.63) is 65.7 Å². The van der Waals surface area contributed by atoms with Gasteiger partial charge in [-0.1, -0.05) is 42.5 Å². The van der Waals surface area contributed by atoms with E-state index >= 15 is 0 Å². The predicted octanol–water partition coefficient (Wildman–Crippen LogP) is 3.69. The number of carbonyl (C=O) groups is 1. The van der Waals surface area contributed by atoms with E-state index in [0.29, 0.717) is 5.75 Å². The summed E-state index contributed by atoms with van der Waals surface area (Å²) in [4.78, 5) is 14.8. The number of fused-ring (bicyclic) bond motifs is 3. The van der Waals surface area contributed by atoms with Gasteiger partial charge in [0.1, 0.15) is 5.75 Å². The molecule has 1 saturated heterocycles. The summed E-state index contributed by atoms with van der Waals surface area (Å²) in [6.07, 6.45) is 3.82. The van der Waals surface area contributed by atoms with Gasteiger partial charge < -0.3 is 9.64 Å². The van der Waals surface area contributed by atoms with Crippen molar-refractivity contribution in [2.45, 2.75) is 24.9 Å². The van der Waals surface area contributed by atoms with E-state index < -0.39 is 23.4 Å². The number of methoxy groups -OCH3 is 1. The molecule has 1 fully saturated rings. The Hall–Kier alpha value is -3.57. The van der Waals surface area contributed by atoms with Gasteiger partial charge in [0, 0.05) is 11.6 Å². The highest BCUT2D eigenvalue weighted by Crippen LogP contribution is 2.55. The Balaban J connectivity index is 1.96. The number of benzene rings is 2. The molecule has 0 amide bonds. The van der Waals surface area contributed by atoms with Gasteiger partial charge in [-0.05, 0) is 36.2 Å². The number of rotatable bonds is 3. The zero-order valence-corrected chi connectivity index (χ0v) is 15.7. The van der Waals surface area contributed by atoms with E-state index in [2.05, 4.69) is 12.1 Å². The normalized spacial score (nSPS) is 23.9. The van der Waals surface area contributed by atoms with E-state index in [1.54, 1.807) is 19.2 Å². The quantitative estimate of drug-likeness (QED) is 0.825. The number of para-hydroxylation sites is 1. The Kier molecular flexibility index (Phi) is 4.17. The number of hydrogen-bond donors (Lipinski definition) is 0. The van der Waals surface area contributed by atoms with Crippen LogP contribution >= 0.6 is 0 Å². The molecular weight excluding hydrogens is 350 g/mol. The smallest absolute Gasteiger partial charge is 0.176 e. The average molecular weight is 369 g/mol. The van der Waals surface area contributed by atoms with E-state index in [0.717, 1.165) is 16.8 Å². The molecule has 2 aliphatic heterocycles. The van der Waals surface area contributed by atoms with Gasteiger partial charge in [-0.25, -0.2) is 0 Å². The molecular formula is C23H19N3O2. The minimum Gasteiger partial charge on any atom is -0.497 e. The zero-order chi connectivity index (χ0) is 19.9. The third-order valence-electron chi connectivity index (χ3n) is 5.81. The maximum absolute atomic E-state index is 12.8. The molecule has 2 aromatic carbocycles. The Morgan fingerprint density at radius 3 is 2.39 bits per heavy atom. The fraction of sp³-hybridized carbons (Fsp3) is 0.261. The van der Waals surface area contributed by atoms with Crippen LogP contribution in [0.2, 0.25) is 0 Å². The number of ketones is 1. The molecule has 2 heterocycles. The average Bonchev–Trinajstić information content (AvgIpc) is 3.05. The standard InChI is InChI=1S/C23H19N3O2/c1-15(27)22-21(17-7-10-18(28-2)11-8-17)23(13-24,14-25)20-12-9-16-5-3-4-6-19(16)26(20)22/h3-12,20-22H,1-2H3. The Morgan fingerprint density at radius 1 is 1.11 bits per heavy atom. The molecule has 138 valence electrons. The van der Waals surface area contributed by atoms with Gasteiger partial charge in [0.15, 0.2) is 11.2 Å². The molecule has 3 atom stereocenters. The SMILES string of the molecule is COc1ccc(C2C(C(C)=O)N3c4ccccc4C=CC3C2(C#N)C#N)cc1. The highest BCUT2D eigenvalue weighted by Gasteiger charge is 2.62. The van der Waals surface area contributed by atoms with Crippen molar-refractivity contribution >= 4 is 17.5 Å². The molecule has 5 nitrogen and oxygen atoms in total. The first-order valence-electron chi connectivity index (χ1n) is 9.10. The number of nitrogens with zero attached hydrogens (tertiary/aromatic N) is 3. The van der Waals surface area contributed by atoms with Gasteiger partial charge >= 0.3 is 0 Å². The zero-order valence-electron chi connectivity index (χ0n) is 15.7. The van der Waals surface area contributed by atoms with Gasteiger partial charge in [0.05, 0.1) is 31.3 Å². The molecule has 0 aromatic heterocycles. The van der Waals surface area contributed by atoms with E-state index in [1.165, 1.54) is 6.92 Å². The summed E-state index contributed by atoms with van der Waals surface area (Å²) >= 11 is 0. The van der Waals surface area contributed by atoms with E-state index in [1.807, 2.05) is 53.5 Å². The monoisotopic (exact) mass is 369 g/mol. The van der Waals surface area contributed by atoms with Crippen LogP contribution in [-0.4, -0.2) is 25.0 Å². The molecule has 0 saturated carbocycles. The molecule has 0 N–H and O–H groups in total. The summed E-state index contributed by atoms with van der Waals surface area (Å²) in [5.74, 6) is 0.0404. The molecule has 5 heteroatoms. The summed E-state index contributed by atoms with van der Waals surface area (Å²) in [5, 5.41) is 20.3. The predicted molar refractivity (Wildman–Crippen MR) is 106 cm³/mol. The first-order valence-corrected chi connectivity index (χ1v) is 9.10. The van der Waals surface area contributed by atoms with Crippen LogP contribution in [0.15, 0.2) is 54.6 Å². The van der Waals surface area contributed by atoms with Crippen LogP contribution in [0.4, 0.5) is 5.69 Å². The summed E-state index contributed by atoms with van der Waals surface area (Å²) in [5.41, 5.74) is 1.25. The van der Waals surface area contributed by atoms with Crippen molar-refractivity contribution in [1.82, 2.24) is 0 Å². The summed E-state index contributed by atoms with van der Waals surface area (Å²) in [7, 11) is 1.58. The first-order chi connectivity index (χ1) is 13.6. The van der Waals surface area contributed by atoms with Crippen molar-refractivity contribution < 1.29 is 9.53 Å². The number of anilines is 1. The summed E-state index contributed by atoms with van der Waals surface area (Å²) < 4.78 is 5.23. The van der Waals surface area contributed by atoms with Crippen molar-refractivity contribution in [1.29, 1.82) is 10.5 Å². The van der Waals surface area contributed by atoms with Crippen molar-refractivity contribution in [2.75, 3.05) is 12.0 Å². The van der Waals surface area contributed by atoms with Gasteiger partial charge in [0.25, 0.3) is 0 Å². The van der Waals surface area contributed by atoms with E-state index in [4.69, 9.17) is 4.74 Å². The molecule has 2 aromatic rings. The van der Waals surface area contributed by atoms with Crippen LogP contribution in [-0.2, 0) is 4.79 Å². The fourth-order valence-corrected chi connectivity index (χ4v) is 4.57. The Morgan fingerprint density at radius 2 is 1.79 bits per heavy atom. The van der Waals surface area contributed by atoms with Crippen LogP contribution in [0.25, 0.3) is 6.08 Å². The number of ether oxygens (including phenoxy) is 1. The number of carbonyl (C=O) groups excluding carboxylic acids is 1. The molecule has 3 unspecified atom stereocenters. The maximum Gasteiger partial charge on any atom is 0.176 e. The lowest BCUT2D eigenvalue weighted by Gasteiger charge is -2.35. The number of nitriles is 2. The van der Waals surface area contributed by atoms with Crippen LogP contribution < -0.4 is 9.64 Å². The number of hydrogen-bond acceptors (Lipinski definition) is 5. The molecule has 0 aliphatic carbocycles. The fourth-order valence-electron chi connectivity index (χ4n) is 4.57. The lowest BCUT2D eigenvalue weighted by atomic mass is 9.69. The van der Waals surface area contributed by atoms with E-state index in [-0.39, 0.29) is 5.78 Å². The van der Waals surface area contributed by atoms with Crippen molar-refractivity contribution in [3.8, 4) is 17.9 Å². The molecule has 28 heavy (non-hydrogen) atoms. The van der Waals surface area contributed by atoms with E-state index in [9.17, 15) is 15.3 Å². The topological polar surface area (TPSA) is 77.1 Å². The summed E-state index contributed by atoms with van der Waals surface area (Å²) in [6.45, 7) is 1.53. The molecule has 0 bridgehead atoms. The van der Waals surface area contributed by atoms with Crippen LogP contribution in [0, 0.1) is 28.1 Å². The molecule has 0 radical (unpaired) electrons. The van der Waals surface area contributed by atoms with Gasteiger partial charge in [-0.3, -0.25) is 4.79 Å². The minimum atomic E-state index is -1.38. The minimum absolute atomic E-state index is 0.0664. The van der Waals surface area contributed by atoms with Crippen molar-refractivity contribution in [2.24, 2.45) is 5.41 Å². The van der Waals surface area contributed by atoms with Gasteiger partial charge in [-0.2, -0.15) is 10.5 Å². The third-order valence-corrected chi connectivity index (χ3v) is 5.81. The van der Waals surface area contributed by atoms with Crippen LogP contribution in [0.5, 0.6) is 5.75 Å². The highest BCUT2D eigenvalue weighted by atomic mass is 16.5. The molecule has 2 aliphatic rings. The lowest BCUT2D eigenvalue weighted by molar-refractivity contribution is -0.118. The maximum atomic E-state index is 12.8. The Bertz CT molecular complexity index is 1030. The highest BCUT2D eigenvalue weighted by molar-refractivity contribution is 5.91. The van der Waals surface area contributed by atoms with Gasteiger partial charge in [-0.15, -0.1) is 0 Å². The summed E-state index contributed by atoms with van der Waals surface area (Å²) in [6, 6.07) is 18.5. The Labute approximate surface area is 164 Å². The van der Waals surface area contributed by atoms with Crippen LogP contribution in [0.3, 0.4) is 0 Å². The van der Waals surface area contributed by atoms with Crippen LogP contribution in [0.1, 0.15) is 24.0 Å². The third kappa shape index (κ3) is 2.33. The second kappa shape index (κ2) is 6.55. The second-order valence-corrected chi connectivity index (χ2v) is 7.17. The van der Waals surface area contributed by atoms with Gasteiger partial charge in [0.2, 0.25) is 0 Å². The largest absolute Gasteiger partial charge is 0.497 e. The van der Waals surface area contributed by atoms with Crippen molar-refractivity contribution in [3.63, 3.8) is 0 Å². The molecule has 0 spiro atoms. The second-order valence-electron chi connectivity index (χ2n) is 7.17. The lowest BCUT2D eigenvalue weighted by Crippen LogP contribution is -2.43. The first kappa shape index (κ1) is 17.8.